The molecule has 1 saturated carbocycles. The molecule has 11 heavy (non-hydrogen) atoms. The first-order chi connectivity index (χ1) is 5.34. The molecule has 0 aromatic rings. The third kappa shape index (κ3) is 2.62. The Balaban J connectivity index is 2.39. The molecule has 1 aliphatic carbocycles. The molecule has 0 saturated heterocycles. The number of aliphatic hydroxyl groups excluding tert-OH is 1. The molecule has 1 aliphatic rings. The molecule has 1 unspecified atom stereocenters. The number of carbonyl (C=O) groups excluding carboxylic acids is 1. The van der Waals surface area contributed by atoms with E-state index < -0.39 is 0 Å². The zero-order valence-electron chi connectivity index (χ0n) is 6.88. The molecule has 2 heteroatoms. The summed E-state index contributed by atoms with van der Waals surface area (Å²) in [5.41, 5.74) is 0. The van der Waals surface area contributed by atoms with Crippen LogP contribution < -0.4 is 0 Å². The number of hydrogen-bond acceptors (Lipinski definition) is 2. The van der Waals surface area contributed by atoms with Gasteiger partial charge in [-0.25, -0.2) is 0 Å². The number of hydrogen-bond donors (Lipinski definition) is 1. The van der Waals surface area contributed by atoms with E-state index in [1.165, 1.54) is 6.42 Å². The molecule has 1 rings (SSSR count). The summed E-state index contributed by atoms with van der Waals surface area (Å²) in [6.45, 7) is 0.163. The van der Waals surface area contributed by atoms with E-state index in [-0.39, 0.29) is 12.5 Å². The first-order valence-electron chi connectivity index (χ1n) is 4.48. The van der Waals surface area contributed by atoms with Crippen molar-refractivity contribution in [3.63, 3.8) is 0 Å². The van der Waals surface area contributed by atoms with Gasteiger partial charge in [-0.05, 0) is 19.3 Å². The molecule has 1 N–H and O–H groups in total. The Hall–Kier alpha value is -0.370. The average Bonchev–Trinajstić information content (AvgIpc) is 2.18. The lowest BCUT2D eigenvalue weighted by Gasteiger charge is -2.09. The molecule has 0 bridgehead atoms. The highest BCUT2D eigenvalue weighted by molar-refractivity contribution is 5.81. The summed E-state index contributed by atoms with van der Waals surface area (Å²) in [6, 6.07) is 0. The molecule has 0 spiro atoms. The van der Waals surface area contributed by atoms with Crippen LogP contribution in [-0.2, 0) is 4.79 Å². The fourth-order valence-electron chi connectivity index (χ4n) is 1.69. The molecule has 1 fully saturated rings. The Morgan fingerprint density at radius 3 is 2.91 bits per heavy atom. The Kier molecular flexibility index (Phi) is 3.57. The van der Waals surface area contributed by atoms with Crippen LogP contribution in [0.1, 0.15) is 38.5 Å². The minimum absolute atomic E-state index is 0.163. The summed E-state index contributed by atoms with van der Waals surface area (Å²) in [5, 5.41) is 8.68. The van der Waals surface area contributed by atoms with Crippen LogP contribution in [0, 0.1) is 5.92 Å². The van der Waals surface area contributed by atoms with E-state index in [1.54, 1.807) is 0 Å². The SMILES string of the molecule is O=C1CCCCCC1CCO. The van der Waals surface area contributed by atoms with Crippen LogP contribution in [0.4, 0.5) is 0 Å². The van der Waals surface area contributed by atoms with Crippen molar-refractivity contribution >= 4 is 5.78 Å². The molecule has 0 aliphatic heterocycles. The molecule has 0 heterocycles. The van der Waals surface area contributed by atoms with Gasteiger partial charge in [-0.3, -0.25) is 4.79 Å². The van der Waals surface area contributed by atoms with Crippen molar-refractivity contribution in [1.82, 2.24) is 0 Å². The van der Waals surface area contributed by atoms with Crippen LogP contribution in [0.5, 0.6) is 0 Å². The zero-order chi connectivity index (χ0) is 8.10. The van der Waals surface area contributed by atoms with Crippen molar-refractivity contribution in [2.45, 2.75) is 38.5 Å². The maximum absolute atomic E-state index is 11.3. The first kappa shape index (κ1) is 8.72. The van der Waals surface area contributed by atoms with E-state index in [0.29, 0.717) is 12.2 Å². The van der Waals surface area contributed by atoms with Gasteiger partial charge in [-0.15, -0.1) is 0 Å². The van der Waals surface area contributed by atoms with Gasteiger partial charge < -0.3 is 5.11 Å². The van der Waals surface area contributed by atoms with Crippen LogP contribution in [0.25, 0.3) is 0 Å². The molecule has 1 atom stereocenters. The molecule has 0 amide bonds. The largest absolute Gasteiger partial charge is 0.396 e. The first-order valence-corrected chi connectivity index (χ1v) is 4.48. The van der Waals surface area contributed by atoms with E-state index in [9.17, 15) is 4.79 Å². The summed E-state index contributed by atoms with van der Waals surface area (Å²) < 4.78 is 0. The average molecular weight is 156 g/mol. The van der Waals surface area contributed by atoms with Gasteiger partial charge in [0.15, 0.2) is 0 Å². The normalized spacial score (nSPS) is 26.6. The van der Waals surface area contributed by atoms with Crippen molar-refractivity contribution in [2.24, 2.45) is 5.92 Å². The number of aliphatic hydroxyl groups is 1. The summed E-state index contributed by atoms with van der Waals surface area (Å²) >= 11 is 0. The molecule has 0 aromatic heterocycles. The minimum atomic E-state index is 0.163. The maximum Gasteiger partial charge on any atom is 0.136 e. The van der Waals surface area contributed by atoms with Gasteiger partial charge in [-0.1, -0.05) is 12.8 Å². The fraction of sp³-hybridized carbons (Fsp3) is 0.889. The van der Waals surface area contributed by atoms with Crippen LogP contribution in [0.15, 0.2) is 0 Å². The van der Waals surface area contributed by atoms with Crippen LogP contribution in [-0.4, -0.2) is 17.5 Å². The van der Waals surface area contributed by atoms with Gasteiger partial charge in [-0.2, -0.15) is 0 Å². The number of rotatable bonds is 2. The predicted molar refractivity (Wildman–Crippen MR) is 43.3 cm³/mol. The maximum atomic E-state index is 11.3. The van der Waals surface area contributed by atoms with E-state index in [1.807, 2.05) is 0 Å². The lowest BCUT2D eigenvalue weighted by molar-refractivity contribution is -0.123. The number of ketones is 1. The third-order valence-corrected chi connectivity index (χ3v) is 2.41. The molecule has 0 radical (unpaired) electrons. The van der Waals surface area contributed by atoms with Gasteiger partial charge in [0, 0.05) is 18.9 Å². The Morgan fingerprint density at radius 2 is 2.18 bits per heavy atom. The fourth-order valence-corrected chi connectivity index (χ4v) is 1.69. The molecule has 0 aromatic carbocycles. The van der Waals surface area contributed by atoms with Crippen molar-refractivity contribution in [3.05, 3.63) is 0 Å². The highest BCUT2D eigenvalue weighted by atomic mass is 16.3. The zero-order valence-corrected chi connectivity index (χ0v) is 6.88. The van der Waals surface area contributed by atoms with Gasteiger partial charge >= 0.3 is 0 Å². The van der Waals surface area contributed by atoms with E-state index >= 15 is 0 Å². The molecule has 2 nitrogen and oxygen atoms in total. The number of carbonyl (C=O) groups is 1. The van der Waals surface area contributed by atoms with Crippen LogP contribution in [0.3, 0.4) is 0 Å². The van der Waals surface area contributed by atoms with Gasteiger partial charge in [0.25, 0.3) is 0 Å². The van der Waals surface area contributed by atoms with Crippen LogP contribution >= 0.6 is 0 Å². The molecular weight excluding hydrogens is 140 g/mol. The summed E-state index contributed by atoms with van der Waals surface area (Å²) in [5.74, 6) is 0.541. The summed E-state index contributed by atoms with van der Waals surface area (Å²) in [4.78, 5) is 11.3. The van der Waals surface area contributed by atoms with Gasteiger partial charge in [0.05, 0.1) is 0 Å². The Bertz CT molecular complexity index is 132. The lowest BCUT2D eigenvalue weighted by atomic mass is 9.96. The Labute approximate surface area is 67.6 Å². The Morgan fingerprint density at radius 1 is 1.36 bits per heavy atom. The van der Waals surface area contributed by atoms with Crippen molar-refractivity contribution in [1.29, 1.82) is 0 Å². The van der Waals surface area contributed by atoms with E-state index in [0.717, 1.165) is 25.7 Å². The summed E-state index contributed by atoms with van der Waals surface area (Å²) in [6.07, 6.45) is 5.83. The second kappa shape index (κ2) is 4.50. The monoisotopic (exact) mass is 156 g/mol. The van der Waals surface area contributed by atoms with Crippen molar-refractivity contribution < 1.29 is 9.90 Å². The minimum Gasteiger partial charge on any atom is -0.396 e. The number of Topliss-reactive ketones (excluding diaryl/α,β-unsaturated/α-hetero) is 1. The second-order valence-electron chi connectivity index (χ2n) is 3.27. The van der Waals surface area contributed by atoms with Crippen molar-refractivity contribution in [2.75, 3.05) is 6.61 Å². The van der Waals surface area contributed by atoms with E-state index in [4.69, 9.17) is 5.11 Å². The highest BCUT2D eigenvalue weighted by Crippen LogP contribution is 2.21. The van der Waals surface area contributed by atoms with Crippen molar-refractivity contribution in [3.8, 4) is 0 Å². The van der Waals surface area contributed by atoms with E-state index in [2.05, 4.69) is 0 Å². The van der Waals surface area contributed by atoms with Gasteiger partial charge in [0.1, 0.15) is 5.78 Å². The topological polar surface area (TPSA) is 37.3 Å². The van der Waals surface area contributed by atoms with Gasteiger partial charge in [0.2, 0.25) is 0 Å². The second-order valence-corrected chi connectivity index (χ2v) is 3.27. The predicted octanol–water partition coefficient (Wildman–Crippen LogP) is 1.52. The summed E-state index contributed by atoms with van der Waals surface area (Å²) in [7, 11) is 0. The molecular formula is C9H16O2. The smallest absolute Gasteiger partial charge is 0.136 e. The lowest BCUT2D eigenvalue weighted by Crippen LogP contribution is -2.13. The van der Waals surface area contributed by atoms with Crippen LogP contribution in [0.2, 0.25) is 0 Å². The highest BCUT2D eigenvalue weighted by Gasteiger charge is 2.19. The quantitative estimate of drug-likeness (QED) is 0.615. The third-order valence-electron chi connectivity index (χ3n) is 2.41. The standard InChI is InChI=1S/C9H16O2/c10-7-6-8-4-2-1-3-5-9(8)11/h8,10H,1-7H2. The molecule has 64 valence electrons.